The van der Waals surface area contributed by atoms with Gasteiger partial charge in [-0.1, -0.05) is 6.92 Å². The standard InChI is InChI=1S/C15H26N2O4/c1-11-4-8-17(13(10-11)15(19)20)14(18)5-9-21-12-2-6-16-7-3-12/h11-13,16H,2-10H2,1H3,(H,19,20). The lowest BCUT2D eigenvalue weighted by Crippen LogP contribution is -2.50. The van der Waals surface area contributed by atoms with Crippen molar-refractivity contribution in [3.05, 3.63) is 0 Å². The van der Waals surface area contributed by atoms with Crippen LogP contribution in [0.1, 0.15) is 39.0 Å². The summed E-state index contributed by atoms with van der Waals surface area (Å²) in [5, 5.41) is 12.5. The Bertz CT molecular complexity index is 369. The second-order valence-electron chi connectivity index (χ2n) is 6.14. The molecule has 6 heteroatoms. The summed E-state index contributed by atoms with van der Waals surface area (Å²) < 4.78 is 5.73. The van der Waals surface area contributed by atoms with Gasteiger partial charge in [0.2, 0.25) is 5.91 Å². The van der Waals surface area contributed by atoms with Gasteiger partial charge >= 0.3 is 5.97 Å². The SMILES string of the molecule is CC1CCN(C(=O)CCOC2CCNCC2)C(C(=O)O)C1. The van der Waals surface area contributed by atoms with Gasteiger partial charge < -0.3 is 20.1 Å². The number of piperidine rings is 2. The van der Waals surface area contributed by atoms with Crippen molar-refractivity contribution in [2.24, 2.45) is 5.92 Å². The molecule has 1 amide bonds. The third-order valence-electron chi connectivity index (χ3n) is 4.43. The predicted octanol–water partition coefficient (Wildman–Crippen LogP) is 0.857. The Hall–Kier alpha value is -1.14. The summed E-state index contributed by atoms with van der Waals surface area (Å²) in [7, 11) is 0. The van der Waals surface area contributed by atoms with E-state index in [-0.39, 0.29) is 18.4 Å². The first-order chi connectivity index (χ1) is 10.1. The molecule has 0 aromatic rings. The quantitative estimate of drug-likeness (QED) is 0.787. The van der Waals surface area contributed by atoms with Crippen molar-refractivity contribution in [3.8, 4) is 0 Å². The Kier molecular flexibility index (Phi) is 5.99. The van der Waals surface area contributed by atoms with Crippen LogP contribution < -0.4 is 5.32 Å². The van der Waals surface area contributed by atoms with Crippen LogP contribution in [0.5, 0.6) is 0 Å². The number of amides is 1. The van der Waals surface area contributed by atoms with Crippen molar-refractivity contribution in [1.29, 1.82) is 0 Å². The summed E-state index contributed by atoms with van der Waals surface area (Å²) >= 11 is 0. The van der Waals surface area contributed by atoms with Crippen LogP contribution in [-0.2, 0) is 14.3 Å². The lowest BCUT2D eigenvalue weighted by atomic mass is 9.92. The molecule has 2 rings (SSSR count). The van der Waals surface area contributed by atoms with E-state index >= 15 is 0 Å². The molecule has 21 heavy (non-hydrogen) atoms. The van der Waals surface area contributed by atoms with E-state index in [0.717, 1.165) is 32.4 Å². The van der Waals surface area contributed by atoms with Crippen LogP contribution in [-0.4, -0.2) is 60.3 Å². The lowest BCUT2D eigenvalue weighted by Gasteiger charge is -2.36. The third kappa shape index (κ3) is 4.68. The van der Waals surface area contributed by atoms with E-state index in [9.17, 15) is 14.7 Å². The van der Waals surface area contributed by atoms with E-state index < -0.39 is 12.0 Å². The zero-order valence-corrected chi connectivity index (χ0v) is 12.7. The number of rotatable bonds is 5. The van der Waals surface area contributed by atoms with Gasteiger partial charge in [-0.05, 0) is 44.7 Å². The zero-order chi connectivity index (χ0) is 15.2. The van der Waals surface area contributed by atoms with E-state index in [1.807, 2.05) is 6.92 Å². The molecule has 0 aromatic heterocycles. The first kappa shape index (κ1) is 16.2. The highest BCUT2D eigenvalue weighted by atomic mass is 16.5. The Labute approximate surface area is 125 Å². The number of hydrogen-bond donors (Lipinski definition) is 2. The van der Waals surface area contributed by atoms with Crippen molar-refractivity contribution in [2.75, 3.05) is 26.2 Å². The summed E-state index contributed by atoms with van der Waals surface area (Å²) in [5.74, 6) is -0.626. The first-order valence-corrected chi connectivity index (χ1v) is 7.92. The second kappa shape index (κ2) is 7.75. The summed E-state index contributed by atoms with van der Waals surface area (Å²) in [6.45, 7) is 4.90. The minimum Gasteiger partial charge on any atom is -0.480 e. The van der Waals surface area contributed by atoms with Gasteiger partial charge in [-0.15, -0.1) is 0 Å². The van der Waals surface area contributed by atoms with Gasteiger partial charge in [-0.25, -0.2) is 4.79 Å². The molecular weight excluding hydrogens is 272 g/mol. The van der Waals surface area contributed by atoms with Crippen LogP contribution in [0.4, 0.5) is 0 Å². The molecule has 2 heterocycles. The number of hydrogen-bond acceptors (Lipinski definition) is 4. The van der Waals surface area contributed by atoms with Crippen molar-refractivity contribution in [1.82, 2.24) is 10.2 Å². The maximum absolute atomic E-state index is 12.2. The van der Waals surface area contributed by atoms with E-state index in [4.69, 9.17) is 4.74 Å². The molecule has 2 unspecified atom stereocenters. The van der Waals surface area contributed by atoms with Crippen molar-refractivity contribution in [2.45, 2.75) is 51.2 Å². The summed E-state index contributed by atoms with van der Waals surface area (Å²) in [6.07, 6.45) is 3.90. The van der Waals surface area contributed by atoms with Crippen molar-refractivity contribution < 1.29 is 19.4 Å². The molecule has 2 saturated heterocycles. The highest BCUT2D eigenvalue weighted by molar-refractivity contribution is 5.83. The highest BCUT2D eigenvalue weighted by Gasteiger charge is 2.34. The van der Waals surface area contributed by atoms with Crippen molar-refractivity contribution in [3.63, 3.8) is 0 Å². The third-order valence-corrected chi connectivity index (χ3v) is 4.43. The van der Waals surface area contributed by atoms with E-state index in [1.165, 1.54) is 4.90 Å². The fourth-order valence-electron chi connectivity index (χ4n) is 3.09. The first-order valence-electron chi connectivity index (χ1n) is 7.92. The number of carboxylic acids is 1. The van der Waals surface area contributed by atoms with E-state index in [0.29, 0.717) is 25.5 Å². The minimum absolute atomic E-state index is 0.0942. The number of ether oxygens (including phenoxy) is 1. The molecule has 2 fully saturated rings. The molecule has 0 bridgehead atoms. The summed E-state index contributed by atoms with van der Waals surface area (Å²) in [4.78, 5) is 25.1. The minimum atomic E-state index is -0.894. The number of carboxylic acid groups (broad SMARTS) is 1. The number of nitrogens with zero attached hydrogens (tertiary/aromatic N) is 1. The fourth-order valence-corrected chi connectivity index (χ4v) is 3.09. The molecule has 0 spiro atoms. The maximum Gasteiger partial charge on any atom is 0.326 e. The average Bonchev–Trinajstić information content (AvgIpc) is 2.48. The van der Waals surface area contributed by atoms with Gasteiger partial charge in [-0.3, -0.25) is 4.79 Å². The molecule has 2 aliphatic heterocycles. The molecule has 0 aromatic carbocycles. The van der Waals surface area contributed by atoms with E-state index in [1.54, 1.807) is 0 Å². The van der Waals surface area contributed by atoms with Gasteiger partial charge in [0.15, 0.2) is 0 Å². The zero-order valence-electron chi connectivity index (χ0n) is 12.7. The van der Waals surface area contributed by atoms with Crippen LogP contribution in [0.15, 0.2) is 0 Å². The number of carbonyl (C=O) groups excluding carboxylic acids is 1. The molecular formula is C15H26N2O4. The Balaban J connectivity index is 1.77. The van der Waals surface area contributed by atoms with Crippen LogP contribution in [0.2, 0.25) is 0 Å². The molecule has 6 nitrogen and oxygen atoms in total. The van der Waals surface area contributed by atoms with Crippen LogP contribution in [0.3, 0.4) is 0 Å². The van der Waals surface area contributed by atoms with Gasteiger partial charge in [0.05, 0.1) is 19.1 Å². The number of nitrogens with one attached hydrogen (secondary N) is 1. The largest absolute Gasteiger partial charge is 0.480 e. The number of likely N-dealkylation sites (tertiary alicyclic amines) is 1. The number of carbonyl (C=O) groups is 2. The molecule has 0 radical (unpaired) electrons. The monoisotopic (exact) mass is 298 g/mol. The van der Waals surface area contributed by atoms with Gasteiger partial charge in [-0.2, -0.15) is 0 Å². The smallest absolute Gasteiger partial charge is 0.326 e. The fraction of sp³-hybridized carbons (Fsp3) is 0.867. The maximum atomic E-state index is 12.2. The van der Waals surface area contributed by atoms with Gasteiger partial charge in [0.1, 0.15) is 6.04 Å². The average molecular weight is 298 g/mol. The molecule has 120 valence electrons. The normalized spacial score (nSPS) is 27.6. The molecule has 2 N–H and O–H groups in total. The molecule has 0 saturated carbocycles. The number of aliphatic carboxylic acids is 1. The predicted molar refractivity (Wildman–Crippen MR) is 78.0 cm³/mol. The molecule has 0 aliphatic carbocycles. The second-order valence-corrected chi connectivity index (χ2v) is 6.14. The van der Waals surface area contributed by atoms with Crippen molar-refractivity contribution >= 4 is 11.9 Å². The molecule has 2 aliphatic rings. The summed E-state index contributed by atoms with van der Waals surface area (Å²) in [6, 6.07) is -0.667. The summed E-state index contributed by atoms with van der Waals surface area (Å²) in [5.41, 5.74) is 0. The van der Waals surface area contributed by atoms with Crippen LogP contribution in [0.25, 0.3) is 0 Å². The van der Waals surface area contributed by atoms with Crippen LogP contribution in [0, 0.1) is 5.92 Å². The Morgan fingerprint density at radius 2 is 2.00 bits per heavy atom. The Morgan fingerprint density at radius 1 is 1.29 bits per heavy atom. The topological polar surface area (TPSA) is 78.9 Å². The Morgan fingerprint density at radius 3 is 2.67 bits per heavy atom. The van der Waals surface area contributed by atoms with Gasteiger partial charge in [0, 0.05) is 6.54 Å². The highest BCUT2D eigenvalue weighted by Crippen LogP contribution is 2.23. The molecule has 2 atom stereocenters. The van der Waals surface area contributed by atoms with E-state index in [2.05, 4.69) is 5.32 Å². The lowest BCUT2D eigenvalue weighted by molar-refractivity contribution is -0.153. The van der Waals surface area contributed by atoms with Gasteiger partial charge in [0.25, 0.3) is 0 Å². The van der Waals surface area contributed by atoms with Crippen LogP contribution >= 0.6 is 0 Å².